The molecule has 1 aromatic carbocycles. The second-order valence-electron chi connectivity index (χ2n) is 5.86. The van der Waals surface area contributed by atoms with Crippen LogP contribution < -0.4 is 4.72 Å². The smallest absolute Gasteiger partial charge is 0.240 e. The molecule has 1 heterocycles. The molecule has 0 atom stereocenters. The molecular weight excluding hydrogens is 316 g/mol. The number of hydrogen-bond acceptors (Lipinski definition) is 4. The van der Waals surface area contributed by atoms with E-state index in [9.17, 15) is 13.2 Å². The van der Waals surface area contributed by atoms with Gasteiger partial charge in [0.2, 0.25) is 15.9 Å². The molecule has 1 saturated heterocycles. The van der Waals surface area contributed by atoms with E-state index >= 15 is 0 Å². The van der Waals surface area contributed by atoms with Crippen molar-refractivity contribution < 1.29 is 17.9 Å². The first-order valence-corrected chi connectivity index (χ1v) is 9.33. The van der Waals surface area contributed by atoms with Gasteiger partial charge in [0.15, 0.2) is 0 Å². The first-order chi connectivity index (χ1) is 10.9. The van der Waals surface area contributed by atoms with Crippen LogP contribution in [0, 0.1) is 0 Å². The topological polar surface area (TPSA) is 75.7 Å². The van der Waals surface area contributed by atoms with Gasteiger partial charge in [0.1, 0.15) is 0 Å². The molecule has 0 bridgehead atoms. The van der Waals surface area contributed by atoms with Gasteiger partial charge in [0, 0.05) is 26.1 Å². The molecule has 1 amide bonds. The van der Waals surface area contributed by atoms with Gasteiger partial charge < -0.3 is 9.64 Å². The molecule has 0 spiro atoms. The number of rotatable bonds is 6. The Morgan fingerprint density at radius 3 is 2.39 bits per heavy atom. The van der Waals surface area contributed by atoms with Gasteiger partial charge in [-0.25, -0.2) is 13.1 Å². The molecule has 23 heavy (non-hydrogen) atoms. The highest BCUT2D eigenvalue weighted by Crippen LogP contribution is 2.17. The van der Waals surface area contributed by atoms with E-state index < -0.39 is 10.0 Å². The van der Waals surface area contributed by atoms with E-state index in [1.54, 1.807) is 17.0 Å². The molecule has 1 aromatic rings. The number of nitrogens with zero attached hydrogens (tertiary/aromatic N) is 1. The molecule has 1 fully saturated rings. The lowest BCUT2D eigenvalue weighted by Gasteiger charge is -2.26. The fourth-order valence-electron chi connectivity index (χ4n) is 2.38. The third-order valence-electron chi connectivity index (χ3n) is 3.85. The van der Waals surface area contributed by atoms with Gasteiger partial charge in [-0.1, -0.05) is 26.0 Å². The largest absolute Gasteiger partial charge is 0.378 e. The maximum absolute atomic E-state index is 12.2. The minimum atomic E-state index is -3.57. The molecular formula is C16H24N2O4S. The molecule has 1 aliphatic rings. The highest BCUT2D eigenvalue weighted by molar-refractivity contribution is 7.89. The summed E-state index contributed by atoms with van der Waals surface area (Å²) in [4.78, 5) is 13.9. The van der Waals surface area contributed by atoms with Gasteiger partial charge in [-0.2, -0.15) is 0 Å². The molecule has 0 aromatic heterocycles. The SMILES string of the molecule is CC(C)c1ccc(S(=O)(=O)NCCC(=O)N2CCOCC2)cc1. The average Bonchev–Trinajstić information content (AvgIpc) is 2.55. The van der Waals surface area contributed by atoms with E-state index in [0.717, 1.165) is 5.56 Å². The maximum Gasteiger partial charge on any atom is 0.240 e. The van der Waals surface area contributed by atoms with Crippen molar-refractivity contribution in [2.45, 2.75) is 31.1 Å². The zero-order valence-corrected chi connectivity index (χ0v) is 14.4. The number of sulfonamides is 1. The van der Waals surface area contributed by atoms with Gasteiger partial charge in [-0.3, -0.25) is 4.79 Å². The molecule has 0 aliphatic carbocycles. The first-order valence-electron chi connectivity index (χ1n) is 7.85. The molecule has 0 radical (unpaired) electrons. The summed E-state index contributed by atoms with van der Waals surface area (Å²) in [5, 5.41) is 0. The normalized spacial score (nSPS) is 15.9. The molecule has 128 valence electrons. The second-order valence-corrected chi connectivity index (χ2v) is 7.63. The lowest BCUT2D eigenvalue weighted by Crippen LogP contribution is -2.42. The van der Waals surface area contributed by atoms with E-state index in [1.807, 2.05) is 12.1 Å². The van der Waals surface area contributed by atoms with Crippen molar-refractivity contribution in [1.29, 1.82) is 0 Å². The number of benzene rings is 1. The van der Waals surface area contributed by atoms with Crippen LogP contribution in [-0.2, 0) is 19.6 Å². The van der Waals surface area contributed by atoms with Gasteiger partial charge in [-0.15, -0.1) is 0 Å². The lowest BCUT2D eigenvalue weighted by molar-refractivity contribution is -0.135. The number of ether oxygens (including phenoxy) is 1. The average molecular weight is 340 g/mol. The van der Waals surface area contributed by atoms with E-state index in [-0.39, 0.29) is 23.8 Å². The van der Waals surface area contributed by atoms with Crippen molar-refractivity contribution in [2.24, 2.45) is 0 Å². The van der Waals surface area contributed by atoms with E-state index in [0.29, 0.717) is 32.2 Å². The Bertz CT molecular complexity index is 620. The van der Waals surface area contributed by atoms with Crippen molar-refractivity contribution in [3.05, 3.63) is 29.8 Å². The highest BCUT2D eigenvalue weighted by Gasteiger charge is 2.18. The summed E-state index contributed by atoms with van der Waals surface area (Å²) in [5.74, 6) is 0.303. The van der Waals surface area contributed by atoms with Gasteiger partial charge in [0.05, 0.1) is 18.1 Å². The standard InChI is InChI=1S/C16H24N2O4S/c1-13(2)14-3-5-15(6-4-14)23(20,21)17-8-7-16(19)18-9-11-22-12-10-18/h3-6,13,17H,7-12H2,1-2H3. The Morgan fingerprint density at radius 1 is 1.22 bits per heavy atom. The summed E-state index contributed by atoms with van der Waals surface area (Å²) in [6.07, 6.45) is 0.156. The zero-order valence-electron chi connectivity index (χ0n) is 13.6. The number of carbonyl (C=O) groups is 1. The number of hydrogen-bond donors (Lipinski definition) is 1. The highest BCUT2D eigenvalue weighted by atomic mass is 32.2. The third-order valence-corrected chi connectivity index (χ3v) is 5.33. The van der Waals surface area contributed by atoms with Crippen LogP contribution in [0.4, 0.5) is 0 Å². The fourth-order valence-corrected chi connectivity index (χ4v) is 3.41. The molecule has 1 N–H and O–H groups in total. The predicted octanol–water partition coefficient (Wildman–Crippen LogP) is 1.34. The van der Waals surface area contributed by atoms with Crippen LogP contribution >= 0.6 is 0 Å². The first kappa shape index (κ1) is 17.9. The second kappa shape index (κ2) is 7.90. The number of carbonyl (C=O) groups excluding carboxylic acids is 1. The van der Waals surface area contributed by atoms with Gasteiger partial charge in [0.25, 0.3) is 0 Å². The van der Waals surface area contributed by atoms with E-state index in [2.05, 4.69) is 18.6 Å². The Morgan fingerprint density at radius 2 is 1.83 bits per heavy atom. The van der Waals surface area contributed by atoms with Crippen molar-refractivity contribution >= 4 is 15.9 Å². The minimum absolute atomic E-state index is 0.0499. The summed E-state index contributed by atoms with van der Waals surface area (Å²) >= 11 is 0. The summed E-state index contributed by atoms with van der Waals surface area (Å²) in [5.41, 5.74) is 1.09. The van der Waals surface area contributed by atoms with E-state index in [4.69, 9.17) is 4.74 Å². The Labute approximate surface area is 137 Å². The van der Waals surface area contributed by atoms with Crippen molar-refractivity contribution in [3.63, 3.8) is 0 Å². The van der Waals surface area contributed by atoms with Crippen molar-refractivity contribution in [3.8, 4) is 0 Å². The number of amides is 1. The van der Waals surface area contributed by atoms with Crippen molar-refractivity contribution in [2.75, 3.05) is 32.8 Å². The van der Waals surface area contributed by atoms with Crippen LogP contribution in [0.2, 0.25) is 0 Å². The van der Waals surface area contributed by atoms with Crippen LogP contribution in [0.25, 0.3) is 0 Å². The van der Waals surface area contributed by atoms with Crippen LogP contribution in [0.15, 0.2) is 29.2 Å². The molecule has 1 aliphatic heterocycles. The molecule has 7 heteroatoms. The zero-order chi connectivity index (χ0) is 16.9. The quantitative estimate of drug-likeness (QED) is 0.848. The van der Waals surface area contributed by atoms with Crippen molar-refractivity contribution in [1.82, 2.24) is 9.62 Å². The molecule has 0 saturated carbocycles. The molecule has 2 rings (SSSR count). The fraction of sp³-hybridized carbons (Fsp3) is 0.562. The lowest BCUT2D eigenvalue weighted by atomic mass is 10.0. The Hall–Kier alpha value is -1.44. The Kier molecular flexibility index (Phi) is 6.15. The number of nitrogens with one attached hydrogen (secondary N) is 1. The maximum atomic E-state index is 12.2. The number of morpholine rings is 1. The van der Waals surface area contributed by atoms with Crippen LogP contribution in [0.3, 0.4) is 0 Å². The Balaban J connectivity index is 1.87. The van der Waals surface area contributed by atoms with Gasteiger partial charge in [-0.05, 0) is 23.6 Å². The van der Waals surface area contributed by atoms with Gasteiger partial charge >= 0.3 is 0 Å². The minimum Gasteiger partial charge on any atom is -0.378 e. The van der Waals surface area contributed by atoms with Crippen LogP contribution in [-0.4, -0.2) is 52.1 Å². The summed E-state index contributed by atoms with van der Waals surface area (Å²) in [6.45, 7) is 6.44. The third kappa shape index (κ3) is 5.02. The summed E-state index contributed by atoms with van der Waals surface area (Å²) < 4.78 is 32.1. The molecule has 6 nitrogen and oxygen atoms in total. The van der Waals surface area contributed by atoms with Crippen LogP contribution in [0.1, 0.15) is 31.7 Å². The predicted molar refractivity (Wildman–Crippen MR) is 87.7 cm³/mol. The van der Waals surface area contributed by atoms with Crippen LogP contribution in [0.5, 0.6) is 0 Å². The molecule has 0 unspecified atom stereocenters. The summed E-state index contributed by atoms with van der Waals surface area (Å²) in [7, 11) is -3.57. The summed E-state index contributed by atoms with van der Waals surface area (Å²) in [6, 6.07) is 6.83. The monoisotopic (exact) mass is 340 g/mol. The van der Waals surface area contributed by atoms with E-state index in [1.165, 1.54) is 0 Å².